The van der Waals surface area contributed by atoms with Crippen molar-refractivity contribution in [2.75, 3.05) is 17.2 Å². The third-order valence-electron chi connectivity index (χ3n) is 2.62. The number of aromatic nitrogens is 2. The molecule has 0 bridgehead atoms. The average Bonchev–Trinajstić information content (AvgIpc) is 2.45. The molecule has 0 aliphatic rings. The lowest BCUT2D eigenvalue weighted by atomic mass is 10.3. The molecule has 112 valence electrons. The minimum absolute atomic E-state index is 0.169. The van der Waals surface area contributed by atoms with E-state index >= 15 is 0 Å². The third kappa shape index (κ3) is 4.32. The van der Waals surface area contributed by atoms with Crippen molar-refractivity contribution in [1.82, 2.24) is 9.97 Å². The minimum atomic E-state index is 0.169. The van der Waals surface area contributed by atoms with Crippen LogP contribution in [0.15, 0.2) is 35.1 Å². The highest BCUT2D eigenvalue weighted by Crippen LogP contribution is 2.29. The maximum atomic E-state index is 5.62. The summed E-state index contributed by atoms with van der Waals surface area (Å²) in [6, 6.07) is 7.78. The van der Waals surface area contributed by atoms with Crippen LogP contribution in [0.4, 0.5) is 17.3 Å². The summed E-state index contributed by atoms with van der Waals surface area (Å²) in [6.07, 6.45) is 1.70. The largest absolute Gasteiger partial charge is 0.491 e. The first-order valence-corrected chi connectivity index (χ1v) is 7.67. The average molecular weight is 351 g/mol. The van der Waals surface area contributed by atoms with Crippen molar-refractivity contribution in [3.8, 4) is 5.75 Å². The molecule has 0 atom stereocenters. The van der Waals surface area contributed by atoms with Crippen molar-refractivity contribution in [3.63, 3.8) is 0 Å². The number of nitrogens with zero attached hydrogens (tertiary/aromatic N) is 2. The SMILES string of the molecule is CCNc1ncnc(Nc2ccc(OC(C)C)cc2)c1Br. The zero-order valence-corrected chi connectivity index (χ0v) is 13.9. The van der Waals surface area contributed by atoms with E-state index in [1.807, 2.05) is 45.0 Å². The molecule has 0 amide bonds. The predicted molar refractivity (Wildman–Crippen MR) is 89.4 cm³/mol. The Hall–Kier alpha value is -1.82. The maximum absolute atomic E-state index is 5.62. The van der Waals surface area contributed by atoms with E-state index in [2.05, 4.69) is 36.5 Å². The van der Waals surface area contributed by atoms with Gasteiger partial charge in [0, 0.05) is 12.2 Å². The summed E-state index contributed by atoms with van der Waals surface area (Å²) in [4.78, 5) is 8.43. The second-order valence-corrected chi connectivity index (χ2v) is 5.52. The van der Waals surface area contributed by atoms with E-state index in [9.17, 15) is 0 Å². The molecule has 0 unspecified atom stereocenters. The summed E-state index contributed by atoms with van der Waals surface area (Å²) in [5.41, 5.74) is 0.938. The van der Waals surface area contributed by atoms with E-state index in [1.54, 1.807) is 0 Å². The maximum Gasteiger partial charge on any atom is 0.150 e. The number of anilines is 3. The first-order chi connectivity index (χ1) is 10.1. The van der Waals surface area contributed by atoms with Gasteiger partial charge in [0.05, 0.1) is 6.10 Å². The van der Waals surface area contributed by atoms with Gasteiger partial charge in [-0.1, -0.05) is 0 Å². The molecular formula is C15H19BrN4O. The van der Waals surface area contributed by atoms with E-state index < -0.39 is 0 Å². The highest BCUT2D eigenvalue weighted by molar-refractivity contribution is 9.10. The number of nitrogens with one attached hydrogen (secondary N) is 2. The van der Waals surface area contributed by atoms with Crippen LogP contribution >= 0.6 is 15.9 Å². The van der Waals surface area contributed by atoms with Gasteiger partial charge in [-0.3, -0.25) is 0 Å². The van der Waals surface area contributed by atoms with E-state index in [0.717, 1.165) is 34.1 Å². The van der Waals surface area contributed by atoms with Crippen LogP contribution in [0, 0.1) is 0 Å². The monoisotopic (exact) mass is 350 g/mol. The fraction of sp³-hybridized carbons (Fsp3) is 0.333. The molecular weight excluding hydrogens is 332 g/mol. The van der Waals surface area contributed by atoms with Crippen molar-refractivity contribution in [2.45, 2.75) is 26.9 Å². The van der Waals surface area contributed by atoms with Crippen molar-refractivity contribution >= 4 is 33.3 Å². The van der Waals surface area contributed by atoms with Crippen LogP contribution in [0.2, 0.25) is 0 Å². The van der Waals surface area contributed by atoms with Gasteiger partial charge in [0.2, 0.25) is 0 Å². The summed E-state index contributed by atoms with van der Waals surface area (Å²) in [7, 11) is 0. The van der Waals surface area contributed by atoms with Crippen molar-refractivity contribution < 1.29 is 4.74 Å². The minimum Gasteiger partial charge on any atom is -0.491 e. The lowest BCUT2D eigenvalue weighted by molar-refractivity contribution is 0.242. The summed E-state index contributed by atoms with van der Waals surface area (Å²) in [5, 5.41) is 6.43. The Bertz CT molecular complexity index is 587. The quantitative estimate of drug-likeness (QED) is 0.817. The van der Waals surface area contributed by atoms with Gasteiger partial charge in [-0.25, -0.2) is 9.97 Å². The van der Waals surface area contributed by atoms with Gasteiger partial charge in [0.1, 0.15) is 28.2 Å². The molecule has 1 aromatic carbocycles. The van der Waals surface area contributed by atoms with Gasteiger partial charge in [-0.05, 0) is 61.0 Å². The lowest BCUT2D eigenvalue weighted by Crippen LogP contribution is -2.05. The normalized spacial score (nSPS) is 10.5. The summed E-state index contributed by atoms with van der Waals surface area (Å²) in [6.45, 7) is 6.84. The summed E-state index contributed by atoms with van der Waals surface area (Å²) >= 11 is 3.51. The molecule has 0 aliphatic heterocycles. The van der Waals surface area contributed by atoms with Crippen LogP contribution in [0.5, 0.6) is 5.75 Å². The Morgan fingerprint density at radius 2 is 1.81 bits per heavy atom. The van der Waals surface area contributed by atoms with Gasteiger partial charge < -0.3 is 15.4 Å². The van der Waals surface area contributed by atoms with Gasteiger partial charge in [0.15, 0.2) is 0 Å². The standard InChI is InChI=1S/C15H19BrN4O/c1-4-17-14-13(16)15(19-9-18-14)20-11-5-7-12(8-6-11)21-10(2)3/h5-10H,4H2,1-3H3,(H2,17,18,19,20). The zero-order valence-electron chi connectivity index (χ0n) is 12.4. The van der Waals surface area contributed by atoms with E-state index in [1.165, 1.54) is 6.33 Å². The predicted octanol–water partition coefficient (Wildman–Crippen LogP) is 4.20. The molecule has 1 aromatic heterocycles. The Labute approximate surface area is 133 Å². The second-order valence-electron chi connectivity index (χ2n) is 4.73. The highest BCUT2D eigenvalue weighted by Gasteiger charge is 2.08. The second kappa shape index (κ2) is 7.26. The van der Waals surface area contributed by atoms with Crippen LogP contribution in [-0.4, -0.2) is 22.6 Å². The zero-order chi connectivity index (χ0) is 15.2. The molecule has 2 aromatic rings. The van der Waals surface area contributed by atoms with Crippen LogP contribution < -0.4 is 15.4 Å². The highest BCUT2D eigenvalue weighted by atomic mass is 79.9. The molecule has 0 radical (unpaired) electrons. The smallest absolute Gasteiger partial charge is 0.150 e. The fourth-order valence-electron chi connectivity index (χ4n) is 1.77. The molecule has 0 saturated heterocycles. The third-order valence-corrected chi connectivity index (χ3v) is 3.37. The molecule has 0 spiro atoms. The molecule has 2 rings (SSSR count). The number of benzene rings is 1. The molecule has 0 fully saturated rings. The van der Waals surface area contributed by atoms with Crippen molar-refractivity contribution in [2.24, 2.45) is 0 Å². The number of hydrogen-bond acceptors (Lipinski definition) is 5. The fourth-order valence-corrected chi connectivity index (χ4v) is 2.22. The first-order valence-electron chi connectivity index (χ1n) is 6.88. The van der Waals surface area contributed by atoms with Crippen molar-refractivity contribution in [1.29, 1.82) is 0 Å². The molecule has 21 heavy (non-hydrogen) atoms. The van der Waals surface area contributed by atoms with Crippen LogP contribution in [-0.2, 0) is 0 Å². The molecule has 0 saturated carbocycles. The summed E-state index contributed by atoms with van der Waals surface area (Å²) in [5.74, 6) is 2.35. The number of hydrogen-bond donors (Lipinski definition) is 2. The van der Waals surface area contributed by atoms with Crippen LogP contribution in [0.3, 0.4) is 0 Å². The van der Waals surface area contributed by atoms with Crippen molar-refractivity contribution in [3.05, 3.63) is 35.1 Å². The number of halogens is 1. The van der Waals surface area contributed by atoms with E-state index in [0.29, 0.717) is 0 Å². The van der Waals surface area contributed by atoms with Gasteiger partial charge in [-0.2, -0.15) is 0 Å². The first kappa shape index (κ1) is 15.6. The Morgan fingerprint density at radius 1 is 1.14 bits per heavy atom. The molecule has 6 heteroatoms. The molecule has 2 N–H and O–H groups in total. The Balaban J connectivity index is 2.13. The molecule has 0 aliphatic carbocycles. The summed E-state index contributed by atoms with van der Waals surface area (Å²) < 4.78 is 6.44. The number of ether oxygens (including phenoxy) is 1. The van der Waals surface area contributed by atoms with Gasteiger partial charge >= 0.3 is 0 Å². The van der Waals surface area contributed by atoms with Crippen LogP contribution in [0.1, 0.15) is 20.8 Å². The van der Waals surface area contributed by atoms with E-state index in [-0.39, 0.29) is 6.10 Å². The topological polar surface area (TPSA) is 59.1 Å². The lowest BCUT2D eigenvalue weighted by Gasteiger charge is -2.12. The Kier molecular flexibility index (Phi) is 5.38. The molecule has 1 heterocycles. The molecule has 5 nitrogen and oxygen atoms in total. The Morgan fingerprint density at radius 3 is 2.43 bits per heavy atom. The number of rotatable bonds is 6. The van der Waals surface area contributed by atoms with Crippen LogP contribution in [0.25, 0.3) is 0 Å². The van der Waals surface area contributed by atoms with E-state index in [4.69, 9.17) is 4.74 Å². The van der Waals surface area contributed by atoms with Gasteiger partial charge in [0.25, 0.3) is 0 Å². The van der Waals surface area contributed by atoms with Gasteiger partial charge in [-0.15, -0.1) is 0 Å².